The van der Waals surface area contributed by atoms with Gasteiger partial charge in [-0.25, -0.2) is 0 Å². The molecule has 1 saturated heterocycles. The van der Waals surface area contributed by atoms with Crippen LogP contribution in [0, 0.1) is 0 Å². The highest BCUT2D eigenvalue weighted by Crippen LogP contribution is 2.28. The predicted octanol–water partition coefficient (Wildman–Crippen LogP) is 2.47. The summed E-state index contributed by atoms with van der Waals surface area (Å²) in [4.78, 5) is 13.7. The van der Waals surface area contributed by atoms with Crippen LogP contribution in [-0.2, 0) is 11.3 Å². The Bertz CT molecular complexity index is 468. The number of nitrogens with zero attached hydrogens (tertiary/aromatic N) is 1. The number of phenols is 1. The van der Waals surface area contributed by atoms with Gasteiger partial charge in [-0.15, -0.1) is 0 Å². The monoisotopic (exact) mass is 283 g/mol. The van der Waals surface area contributed by atoms with E-state index in [-0.39, 0.29) is 17.1 Å². The van der Waals surface area contributed by atoms with Gasteiger partial charge in [-0.2, -0.15) is 0 Å². The van der Waals surface area contributed by atoms with Gasteiger partial charge >= 0.3 is 0 Å². The maximum absolute atomic E-state index is 11.5. The first-order valence-corrected chi connectivity index (χ1v) is 6.78. The van der Waals surface area contributed by atoms with Crippen molar-refractivity contribution >= 4 is 17.4 Å². The Morgan fingerprint density at radius 3 is 2.95 bits per heavy atom. The second kappa shape index (κ2) is 6.37. The SMILES string of the molecule is CC(=O)c1cc(Cl)cc(CN2CCCOCC2)c1O. The second-order valence-electron chi connectivity index (χ2n) is 4.76. The molecule has 1 N–H and O–H groups in total. The quantitative estimate of drug-likeness (QED) is 0.866. The van der Waals surface area contributed by atoms with Gasteiger partial charge in [0.05, 0.1) is 12.2 Å². The van der Waals surface area contributed by atoms with Crippen LogP contribution in [0.1, 0.15) is 29.3 Å². The fourth-order valence-corrected chi connectivity index (χ4v) is 2.48. The summed E-state index contributed by atoms with van der Waals surface area (Å²) in [6.07, 6.45) is 0.973. The molecular formula is C14H18ClNO3. The lowest BCUT2D eigenvalue weighted by molar-refractivity contribution is 0.101. The van der Waals surface area contributed by atoms with Crippen LogP contribution in [-0.4, -0.2) is 42.1 Å². The third-order valence-corrected chi connectivity index (χ3v) is 3.46. The minimum atomic E-state index is -0.180. The largest absolute Gasteiger partial charge is 0.507 e. The van der Waals surface area contributed by atoms with Gasteiger partial charge in [0.15, 0.2) is 5.78 Å². The highest BCUT2D eigenvalue weighted by molar-refractivity contribution is 6.31. The van der Waals surface area contributed by atoms with E-state index in [4.69, 9.17) is 16.3 Å². The summed E-state index contributed by atoms with van der Waals surface area (Å²) < 4.78 is 5.39. The van der Waals surface area contributed by atoms with Crippen molar-refractivity contribution in [3.05, 3.63) is 28.3 Å². The van der Waals surface area contributed by atoms with Crippen molar-refractivity contribution in [1.82, 2.24) is 4.90 Å². The number of hydrogen-bond acceptors (Lipinski definition) is 4. The molecule has 0 spiro atoms. The standard InChI is InChI=1S/C14H18ClNO3/c1-10(17)13-8-12(15)7-11(14(13)18)9-16-3-2-5-19-6-4-16/h7-8,18H,2-6,9H2,1H3. The number of carbonyl (C=O) groups is 1. The third kappa shape index (κ3) is 3.69. The number of hydrogen-bond donors (Lipinski definition) is 1. The Labute approximate surface area is 117 Å². The number of benzene rings is 1. The molecule has 0 aromatic heterocycles. The number of Topliss-reactive ketones (excluding diaryl/α,β-unsaturated/α-hetero) is 1. The molecular weight excluding hydrogens is 266 g/mol. The molecule has 0 radical (unpaired) electrons. The highest BCUT2D eigenvalue weighted by atomic mass is 35.5. The van der Waals surface area contributed by atoms with Gasteiger partial charge < -0.3 is 9.84 Å². The number of carbonyl (C=O) groups excluding carboxylic acids is 1. The van der Waals surface area contributed by atoms with Gasteiger partial charge in [0.25, 0.3) is 0 Å². The van der Waals surface area contributed by atoms with Gasteiger partial charge in [0, 0.05) is 36.8 Å². The van der Waals surface area contributed by atoms with E-state index in [9.17, 15) is 9.90 Å². The molecule has 1 fully saturated rings. The van der Waals surface area contributed by atoms with Crippen LogP contribution in [0.5, 0.6) is 5.75 Å². The van der Waals surface area contributed by atoms with Crippen LogP contribution >= 0.6 is 11.6 Å². The van der Waals surface area contributed by atoms with E-state index < -0.39 is 0 Å². The smallest absolute Gasteiger partial charge is 0.163 e. The van der Waals surface area contributed by atoms with E-state index >= 15 is 0 Å². The van der Waals surface area contributed by atoms with Crippen LogP contribution < -0.4 is 0 Å². The van der Waals surface area contributed by atoms with Crippen LogP contribution in [0.2, 0.25) is 5.02 Å². The molecule has 0 amide bonds. The minimum absolute atomic E-state index is 0.0436. The van der Waals surface area contributed by atoms with Gasteiger partial charge in [-0.3, -0.25) is 9.69 Å². The molecule has 1 heterocycles. The van der Waals surface area contributed by atoms with Crippen LogP contribution in [0.4, 0.5) is 0 Å². The molecule has 19 heavy (non-hydrogen) atoms. The van der Waals surface area contributed by atoms with E-state index in [1.54, 1.807) is 6.07 Å². The van der Waals surface area contributed by atoms with Crippen molar-refractivity contribution in [2.45, 2.75) is 19.9 Å². The average Bonchev–Trinajstić information content (AvgIpc) is 2.61. The van der Waals surface area contributed by atoms with Gasteiger partial charge in [0.1, 0.15) is 5.75 Å². The summed E-state index contributed by atoms with van der Waals surface area (Å²) in [7, 11) is 0. The summed E-state index contributed by atoms with van der Waals surface area (Å²) in [5.74, 6) is -0.137. The van der Waals surface area contributed by atoms with Crippen LogP contribution in [0.3, 0.4) is 0 Å². The highest BCUT2D eigenvalue weighted by Gasteiger charge is 2.16. The molecule has 1 aliphatic rings. The Morgan fingerprint density at radius 2 is 2.21 bits per heavy atom. The number of rotatable bonds is 3. The molecule has 0 saturated carbocycles. The summed E-state index contributed by atoms with van der Waals surface area (Å²) in [5.41, 5.74) is 0.980. The predicted molar refractivity (Wildman–Crippen MR) is 73.8 cm³/mol. The van der Waals surface area contributed by atoms with E-state index in [0.29, 0.717) is 23.7 Å². The molecule has 4 nitrogen and oxygen atoms in total. The lowest BCUT2D eigenvalue weighted by Gasteiger charge is -2.20. The fourth-order valence-electron chi connectivity index (χ4n) is 2.24. The van der Waals surface area contributed by atoms with Crippen molar-refractivity contribution in [1.29, 1.82) is 0 Å². The lowest BCUT2D eigenvalue weighted by atomic mass is 10.1. The molecule has 0 atom stereocenters. The molecule has 0 aliphatic carbocycles. The molecule has 1 aromatic rings. The van der Waals surface area contributed by atoms with E-state index in [2.05, 4.69) is 4.90 Å². The molecule has 1 aromatic carbocycles. The molecule has 0 bridgehead atoms. The third-order valence-electron chi connectivity index (χ3n) is 3.24. The number of ether oxygens (including phenoxy) is 1. The Balaban J connectivity index is 2.21. The van der Waals surface area contributed by atoms with Crippen molar-refractivity contribution in [3.63, 3.8) is 0 Å². The number of aromatic hydroxyl groups is 1. The van der Waals surface area contributed by atoms with Crippen molar-refractivity contribution in [3.8, 4) is 5.75 Å². The Hall–Kier alpha value is -1.10. The zero-order chi connectivity index (χ0) is 13.8. The zero-order valence-electron chi connectivity index (χ0n) is 11.0. The maximum Gasteiger partial charge on any atom is 0.163 e. The summed E-state index contributed by atoms with van der Waals surface area (Å²) >= 11 is 6.01. The number of ketones is 1. The molecule has 2 rings (SSSR count). The summed E-state index contributed by atoms with van der Waals surface area (Å²) in [6.45, 7) is 5.21. The zero-order valence-corrected chi connectivity index (χ0v) is 11.7. The fraction of sp³-hybridized carbons (Fsp3) is 0.500. The van der Waals surface area contributed by atoms with Crippen LogP contribution in [0.15, 0.2) is 12.1 Å². The normalized spacial score (nSPS) is 17.2. The first kappa shape index (κ1) is 14.3. The number of halogens is 1. The molecule has 104 valence electrons. The summed E-state index contributed by atoms with van der Waals surface area (Å²) in [5, 5.41) is 10.6. The second-order valence-corrected chi connectivity index (χ2v) is 5.20. The summed E-state index contributed by atoms with van der Waals surface area (Å²) in [6, 6.07) is 3.23. The van der Waals surface area contributed by atoms with Gasteiger partial charge in [-0.05, 0) is 25.5 Å². The van der Waals surface area contributed by atoms with Crippen molar-refractivity contribution < 1.29 is 14.6 Å². The first-order chi connectivity index (χ1) is 9.08. The van der Waals surface area contributed by atoms with E-state index in [1.165, 1.54) is 13.0 Å². The first-order valence-electron chi connectivity index (χ1n) is 6.40. The van der Waals surface area contributed by atoms with E-state index in [1.807, 2.05) is 0 Å². The van der Waals surface area contributed by atoms with Crippen molar-refractivity contribution in [2.24, 2.45) is 0 Å². The average molecular weight is 284 g/mol. The molecule has 1 aliphatic heterocycles. The van der Waals surface area contributed by atoms with Crippen molar-refractivity contribution in [2.75, 3.05) is 26.3 Å². The topological polar surface area (TPSA) is 49.8 Å². The van der Waals surface area contributed by atoms with E-state index in [0.717, 1.165) is 26.1 Å². The number of phenolic OH excluding ortho intramolecular Hbond substituents is 1. The Kier molecular flexibility index (Phi) is 4.80. The van der Waals surface area contributed by atoms with Crippen LogP contribution in [0.25, 0.3) is 0 Å². The molecule has 5 heteroatoms. The maximum atomic E-state index is 11.5. The van der Waals surface area contributed by atoms with Gasteiger partial charge in [-0.1, -0.05) is 11.6 Å². The minimum Gasteiger partial charge on any atom is -0.507 e. The van der Waals surface area contributed by atoms with Gasteiger partial charge in [0.2, 0.25) is 0 Å². The lowest BCUT2D eigenvalue weighted by Crippen LogP contribution is -2.26. The Morgan fingerprint density at radius 1 is 1.42 bits per heavy atom. The molecule has 0 unspecified atom stereocenters.